The predicted molar refractivity (Wildman–Crippen MR) is 83.2 cm³/mol. The Morgan fingerprint density at radius 2 is 2.14 bits per heavy atom. The summed E-state index contributed by atoms with van der Waals surface area (Å²) in [5, 5.41) is 4.01. The summed E-state index contributed by atoms with van der Waals surface area (Å²) in [4.78, 5) is 12.4. The van der Waals surface area contributed by atoms with Gasteiger partial charge < -0.3 is 15.5 Å². The normalized spacial score (nSPS) is 17.2. The lowest BCUT2D eigenvalue weighted by Crippen LogP contribution is -2.44. The molecule has 1 saturated carbocycles. The van der Waals surface area contributed by atoms with Gasteiger partial charge in [0.25, 0.3) is 5.91 Å². The number of carbonyl (C=O) groups excluding carboxylic acids is 1. The number of hydrogen-bond donors (Lipinski definition) is 2. The van der Waals surface area contributed by atoms with Crippen LogP contribution in [0, 0.1) is 12.8 Å². The third kappa shape index (κ3) is 2.95. The molecule has 3 rings (SSSR count). The Kier molecular flexibility index (Phi) is 3.97. The number of nitrogens with one attached hydrogen (secondary N) is 1. The SMILES string of the molecule is Cc1ccc2oc(C(=O)NC(CN)C3CCCC3)cc2c1. The first-order valence-electron chi connectivity index (χ1n) is 7.68. The van der Waals surface area contributed by atoms with Gasteiger partial charge in [0.1, 0.15) is 5.58 Å². The summed E-state index contributed by atoms with van der Waals surface area (Å²) in [7, 11) is 0. The molecule has 2 aromatic rings. The van der Waals surface area contributed by atoms with E-state index >= 15 is 0 Å². The maximum atomic E-state index is 12.4. The van der Waals surface area contributed by atoms with Gasteiger partial charge in [0.2, 0.25) is 0 Å². The van der Waals surface area contributed by atoms with Gasteiger partial charge in [-0.2, -0.15) is 0 Å². The molecule has 112 valence electrons. The average molecular weight is 286 g/mol. The van der Waals surface area contributed by atoms with Crippen molar-refractivity contribution in [1.29, 1.82) is 0 Å². The molecule has 21 heavy (non-hydrogen) atoms. The van der Waals surface area contributed by atoms with Gasteiger partial charge in [-0.3, -0.25) is 4.79 Å². The van der Waals surface area contributed by atoms with Crippen LogP contribution in [0.2, 0.25) is 0 Å². The summed E-state index contributed by atoms with van der Waals surface area (Å²) in [6.45, 7) is 2.51. The summed E-state index contributed by atoms with van der Waals surface area (Å²) < 4.78 is 5.64. The minimum Gasteiger partial charge on any atom is -0.451 e. The fourth-order valence-corrected chi connectivity index (χ4v) is 3.24. The molecule has 0 radical (unpaired) electrons. The van der Waals surface area contributed by atoms with Crippen LogP contribution in [0.3, 0.4) is 0 Å². The second-order valence-electron chi connectivity index (χ2n) is 6.01. The van der Waals surface area contributed by atoms with E-state index in [9.17, 15) is 4.79 Å². The van der Waals surface area contributed by atoms with Crippen LogP contribution in [-0.4, -0.2) is 18.5 Å². The zero-order valence-corrected chi connectivity index (χ0v) is 12.4. The number of amides is 1. The summed E-state index contributed by atoms with van der Waals surface area (Å²) >= 11 is 0. The molecule has 1 amide bonds. The number of nitrogens with two attached hydrogens (primary N) is 1. The zero-order valence-electron chi connectivity index (χ0n) is 12.4. The summed E-state index contributed by atoms with van der Waals surface area (Å²) in [6.07, 6.45) is 4.78. The Labute approximate surface area is 124 Å². The lowest BCUT2D eigenvalue weighted by molar-refractivity contribution is 0.0898. The van der Waals surface area contributed by atoms with E-state index in [0.717, 1.165) is 29.4 Å². The molecule has 4 nitrogen and oxygen atoms in total. The summed E-state index contributed by atoms with van der Waals surface area (Å²) in [5.41, 5.74) is 7.73. The maximum Gasteiger partial charge on any atom is 0.287 e. The van der Waals surface area contributed by atoms with E-state index in [4.69, 9.17) is 10.2 Å². The van der Waals surface area contributed by atoms with Crippen molar-refractivity contribution in [2.24, 2.45) is 11.7 Å². The molecular weight excluding hydrogens is 264 g/mol. The van der Waals surface area contributed by atoms with Crippen LogP contribution in [0.4, 0.5) is 0 Å². The third-order valence-electron chi connectivity index (χ3n) is 4.43. The first kappa shape index (κ1) is 14.1. The quantitative estimate of drug-likeness (QED) is 0.908. The maximum absolute atomic E-state index is 12.4. The van der Waals surface area contributed by atoms with E-state index in [2.05, 4.69) is 5.32 Å². The number of aryl methyl sites for hydroxylation is 1. The second-order valence-corrected chi connectivity index (χ2v) is 6.01. The first-order chi connectivity index (χ1) is 10.2. The minimum absolute atomic E-state index is 0.0509. The van der Waals surface area contributed by atoms with Crippen molar-refractivity contribution in [2.75, 3.05) is 6.54 Å². The Hall–Kier alpha value is -1.81. The lowest BCUT2D eigenvalue weighted by atomic mass is 9.98. The van der Waals surface area contributed by atoms with Crippen molar-refractivity contribution >= 4 is 16.9 Å². The van der Waals surface area contributed by atoms with E-state index in [0.29, 0.717) is 18.2 Å². The Bertz CT molecular complexity index is 641. The molecule has 0 saturated heterocycles. The van der Waals surface area contributed by atoms with Gasteiger partial charge in [0, 0.05) is 18.0 Å². The molecule has 1 atom stereocenters. The summed E-state index contributed by atoms with van der Waals surface area (Å²) in [5.74, 6) is 0.712. The second kappa shape index (κ2) is 5.90. The molecule has 1 aliphatic rings. The van der Waals surface area contributed by atoms with E-state index in [1.807, 2.05) is 25.1 Å². The van der Waals surface area contributed by atoms with Gasteiger partial charge in [0.15, 0.2) is 5.76 Å². The zero-order chi connectivity index (χ0) is 14.8. The molecule has 1 fully saturated rings. The van der Waals surface area contributed by atoms with Crippen LogP contribution in [0.5, 0.6) is 0 Å². The monoisotopic (exact) mass is 286 g/mol. The average Bonchev–Trinajstić information content (AvgIpc) is 3.12. The van der Waals surface area contributed by atoms with Gasteiger partial charge in [-0.1, -0.05) is 24.5 Å². The first-order valence-corrected chi connectivity index (χ1v) is 7.68. The van der Waals surface area contributed by atoms with Gasteiger partial charge in [-0.05, 0) is 43.9 Å². The fraction of sp³-hybridized carbons (Fsp3) is 0.471. The molecule has 1 aliphatic carbocycles. The molecule has 4 heteroatoms. The highest BCUT2D eigenvalue weighted by Crippen LogP contribution is 2.28. The van der Waals surface area contributed by atoms with Crippen LogP contribution in [-0.2, 0) is 0 Å². The van der Waals surface area contributed by atoms with Crippen LogP contribution in [0.25, 0.3) is 11.0 Å². The van der Waals surface area contributed by atoms with Crippen molar-refractivity contribution in [3.8, 4) is 0 Å². The van der Waals surface area contributed by atoms with Crippen LogP contribution in [0.1, 0.15) is 41.8 Å². The number of benzene rings is 1. The predicted octanol–water partition coefficient (Wildman–Crippen LogP) is 2.99. The van der Waals surface area contributed by atoms with Crippen molar-refractivity contribution in [3.63, 3.8) is 0 Å². The van der Waals surface area contributed by atoms with Gasteiger partial charge >= 0.3 is 0 Å². The van der Waals surface area contributed by atoms with E-state index in [-0.39, 0.29) is 11.9 Å². The molecule has 0 spiro atoms. The fourth-order valence-electron chi connectivity index (χ4n) is 3.24. The van der Waals surface area contributed by atoms with E-state index < -0.39 is 0 Å². The smallest absolute Gasteiger partial charge is 0.287 e. The lowest BCUT2D eigenvalue weighted by Gasteiger charge is -2.22. The Morgan fingerprint density at radius 1 is 1.38 bits per heavy atom. The van der Waals surface area contributed by atoms with E-state index in [1.165, 1.54) is 12.8 Å². The molecule has 1 aromatic carbocycles. The van der Waals surface area contributed by atoms with Crippen LogP contribution in [0.15, 0.2) is 28.7 Å². The van der Waals surface area contributed by atoms with Crippen molar-refractivity contribution in [3.05, 3.63) is 35.6 Å². The molecule has 3 N–H and O–H groups in total. The number of rotatable bonds is 4. The Morgan fingerprint density at radius 3 is 2.86 bits per heavy atom. The largest absolute Gasteiger partial charge is 0.451 e. The number of fused-ring (bicyclic) bond motifs is 1. The molecule has 1 unspecified atom stereocenters. The topological polar surface area (TPSA) is 68.3 Å². The van der Waals surface area contributed by atoms with Gasteiger partial charge in [-0.25, -0.2) is 0 Å². The standard InChI is InChI=1S/C17H22N2O2/c1-11-6-7-15-13(8-11)9-16(21-15)17(20)19-14(10-18)12-4-2-3-5-12/h6-9,12,14H,2-5,10,18H2,1H3,(H,19,20). The number of carbonyl (C=O) groups is 1. The molecule has 1 aromatic heterocycles. The minimum atomic E-state index is -0.161. The summed E-state index contributed by atoms with van der Waals surface area (Å²) in [6, 6.07) is 7.76. The van der Waals surface area contributed by atoms with Crippen molar-refractivity contribution in [1.82, 2.24) is 5.32 Å². The van der Waals surface area contributed by atoms with Crippen molar-refractivity contribution < 1.29 is 9.21 Å². The van der Waals surface area contributed by atoms with Crippen LogP contribution >= 0.6 is 0 Å². The van der Waals surface area contributed by atoms with E-state index in [1.54, 1.807) is 6.07 Å². The van der Waals surface area contributed by atoms with Gasteiger partial charge in [-0.15, -0.1) is 0 Å². The van der Waals surface area contributed by atoms with Gasteiger partial charge in [0.05, 0.1) is 0 Å². The highest BCUT2D eigenvalue weighted by Gasteiger charge is 2.26. The molecular formula is C17H22N2O2. The molecule has 0 aliphatic heterocycles. The molecule has 0 bridgehead atoms. The number of furan rings is 1. The van der Waals surface area contributed by atoms with Crippen molar-refractivity contribution in [2.45, 2.75) is 38.6 Å². The highest BCUT2D eigenvalue weighted by molar-refractivity contribution is 5.96. The molecule has 1 heterocycles. The third-order valence-corrected chi connectivity index (χ3v) is 4.43. The highest BCUT2D eigenvalue weighted by atomic mass is 16.3. The Balaban J connectivity index is 1.76. The van der Waals surface area contributed by atoms with Crippen LogP contribution < -0.4 is 11.1 Å². The number of hydrogen-bond acceptors (Lipinski definition) is 3.